The third kappa shape index (κ3) is 3.24. The molecule has 1 aliphatic rings. The summed E-state index contributed by atoms with van der Waals surface area (Å²) in [5.41, 5.74) is 6.13. The van der Waals surface area contributed by atoms with Crippen molar-refractivity contribution >= 4 is 5.96 Å². The van der Waals surface area contributed by atoms with E-state index >= 15 is 0 Å². The molecular formula is C14H27N3. The number of guanidine groups is 1. The summed E-state index contributed by atoms with van der Waals surface area (Å²) in [6, 6.07) is 0. The number of hydrogen-bond acceptors (Lipinski definition) is 3. The lowest BCUT2D eigenvalue weighted by Gasteiger charge is -2.41. The van der Waals surface area contributed by atoms with E-state index in [4.69, 9.17) is 5.73 Å². The minimum absolute atomic E-state index is 0.112. The molecule has 1 rings (SSSR count). The molecule has 0 amide bonds. The lowest BCUT2D eigenvalue weighted by atomic mass is 9.81. The van der Waals surface area contributed by atoms with Gasteiger partial charge in [-0.05, 0) is 24.7 Å². The van der Waals surface area contributed by atoms with Crippen LogP contribution in [0.1, 0.15) is 40.5 Å². The van der Waals surface area contributed by atoms with E-state index in [2.05, 4.69) is 44.2 Å². The first-order valence-electron chi connectivity index (χ1n) is 6.60. The van der Waals surface area contributed by atoms with E-state index in [1.54, 1.807) is 0 Å². The van der Waals surface area contributed by atoms with Gasteiger partial charge in [-0.15, -0.1) is 6.58 Å². The molecule has 1 aliphatic heterocycles. The number of nitrogens with zero attached hydrogens (tertiary/aromatic N) is 2. The Morgan fingerprint density at radius 3 is 2.29 bits per heavy atom. The standard InChI is InChI=1S/C14H27N3/c1-6-7-17-13(15)16-10-14(17,8-11(2)3)9-12(4)5/h6,11-12H,1,7-10H2,2-5H3,(H2,15,16). The minimum atomic E-state index is 0.112. The summed E-state index contributed by atoms with van der Waals surface area (Å²) in [4.78, 5) is 6.72. The van der Waals surface area contributed by atoms with Gasteiger partial charge in [0.25, 0.3) is 0 Å². The normalized spacial score (nSPS) is 18.9. The zero-order valence-corrected chi connectivity index (χ0v) is 11.7. The van der Waals surface area contributed by atoms with Crippen molar-refractivity contribution < 1.29 is 0 Å². The van der Waals surface area contributed by atoms with Crippen LogP contribution < -0.4 is 5.73 Å². The Bertz CT molecular complexity index is 282. The van der Waals surface area contributed by atoms with Crippen molar-refractivity contribution in [3.8, 4) is 0 Å². The smallest absolute Gasteiger partial charge is 0.192 e. The topological polar surface area (TPSA) is 41.6 Å². The van der Waals surface area contributed by atoms with E-state index < -0.39 is 0 Å². The Morgan fingerprint density at radius 1 is 1.35 bits per heavy atom. The molecule has 0 bridgehead atoms. The van der Waals surface area contributed by atoms with E-state index in [9.17, 15) is 0 Å². The van der Waals surface area contributed by atoms with Gasteiger partial charge in [-0.1, -0.05) is 33.8 Å². The van der Waals surface area contributed by atoms with Crippen LogP contribution in [0.5, 0.6) is 0 Å². The zero-order chi connectivity index (χ0) is 13.1. The highest BCUT2D eigenvalue weighted by Crippen LogP contribution is 2.34. The van der Waals surface area contributed by atoms with Crippen molar-refractivity contribution in [3.63, 3.8) is 0 Å². The highest BCUT2D eigenvalue weighted by atomic mass is 15.4. The summed E-state index contributed by atoms with van der Waals surface area (Å²) in [6.45, 7) is 14.5. The Morgan fingerprint density at radius 2 is 1.88 bits per heavy atom. The van der Waals surface area contributed by atoms with Crippen LogP contribution in [-0.4, -0.2) is 29.5 Å². The van der Waals surface area contributed by atoms with Crippen molar-refractivity contribution in [2.45, 2.75) is 46.1 Å². The molecule has 17 heavy (non-hydrogen) atoms. The van der Waals surface area contributed by atoms with E-state index in [1.807, 2.05) is 6.08 Å². The van der Waals surface area contributed by atoms with Crippen LogP contribution in [-0.2, 0) is 0 Å². The Labute approximate surface area is 106 Å². The Kier molecular flexibility index (Phi) is 4.61. The summed E-state index contributed by atoms with van der Waals surface area (Å²) in [5, 5.41) is 0. The zero-order valence-electron chi connectivity index (χ0n) is 11.7. The Balaban J connectivity index is 2.92. The van der Waals surface area contributed by atoms with Crippen LogP contribution in [0.15, 0.2) is 17.6 Å². The maximum Gasteiger partial charge on any atom is 0.192 e. The number of aliphatic imine (C=N–C) groups is 1. The molecule has 2 N–H and O–H groups in total. The highest BCUT2D eigenvalue weighted by Gasteiger charge is 2.42. The van der Waals surface area contributed by atoms with Crippen LogP contribution in [0.2, 0.25) is 0 Å². The molecule has 0 fully saturated rings. The third-order valence-electron chi connectivity index (χ3n) is 3.27. The summed E-state index contributed by atoms with van der Waals surface area (Å²) in [5.74, 6) is 2.00. The molecule has 3 heteroatoms. The summed E-state index contributed by atoms with van der Waals surface area (Å²) < 4.78 is 0. The third-order valence-corrected chi connectivity index (χ3v) is 3.27. The predicted octanol–water partition coefficient (Wildman–Crippen LogP) is 2.63. The van der Waals surface area contributed by atoms with Crippen molar-refractivity contribution in [1.82, 2.24) is 4.90 Å². The van der Waals surface area contributed by atoms with Crippen molar-refractivity contribution in [3.05, 3.63) is 12.7 Å². The molecule has 0 aromatic carbocycles. The summed E-state index contributed by atoms with van der Waals surface area (Å²) >= 11 is 0. The van der Waals surface area contributed by atoms with Gasteiger partial charge in [0.2, 0.25) is 0 Å². The molecule has 0 saturated carbocycles. The fourth-order valence-electron chi connectivity index (χ4n) is 3.01. The van der Waals surface area contributed by atoms with E-state index in [0.717, 1.165) is 25.9 Å². The van der Waals surface area contributed by atoms with Crippen LogP contribution in [0, 0.1) is 11.8 Å². The van der Waals surface area contributed by atoms with Crippen molar-refractivity contribution in [1.29, 1.82) is 0 Å². The van der Waals surface area contributed by atoms with Crippen LogP contribution in [0.25, 0.3) is 0 Å². The lowest BCUT2D eigenvalue weighted by molar-refractivity contribution is 0.147. The quantitative estimate of drug-likeness (QED) is 0.722. The van der Waals surface area contributed by atoms with Crippen LogP contribution in [0.3, 0.4) is 0 Å². The Hall–Kier alpha value is -0.990. The molecule has 1 heterocycles. The van der Waals surface area contributed by atoms with Gasteiger partial charge in [0.05, 0.1) is 12.1 Å². The number of hydrogen-bond donors (Lipinski definition) is 1. The van der Waals surface area contributed by atoms with Crippen molar-refractivity contribution in [2.24, 2.45) is 22.6 Å². The van der Waals surface area contributed by atoms with Gasteiger partial charge in [-0.25, -0.2) is 0 Å². The monoisotopic (exact) mass is 237 g/mol. The molecule has 0 radical (unpaired) electrons. The molecule has 0 atom stereocenters. The van der Waals surface area contributed by atoms with Gasteiger partial charge in [-0.3, -0.25) is 4.99 Å². The summed E-state index contributed by atoms with van der Waals surface area (Å²) in [7, 11) is 0. The number of nitrogens with two attached hydrogens (primary N) is 1. The second kappa shape index (κ2) is 5.56. The van der Waals surface area contributed by atoms with Gasteiger partial charge >= 0.3 is 0 Å². The average molecular weight is 237 g/mol. The maximum absolute atomic E-state index is 6.02. The fourth-order valence-corrected chi connectivity index (χ4v) is 3.01. The largest absolute Gasteiger partial charge is 0.370 e. The van der Waals surface area contributed by atoms with Gasteiger partial charge in [0.1, 0.15) is 0 Å². The van der Waals surface area contributed by atoms with Crippen molar-refractivity contribution in [2.75, 3.05) is 13.1 Å². The second-order valence-electron chi connectivity index (χ2n) is 5.99. The first kappa shape index (κ1) is 14.1. The van der Waals surface area contributed by atoms with E-state index in [-0.39, 0.29) is 5.54 Å². The molecule has 98 valence electrons. The van der Waals surface area contributed by atoms with Crippen LogP contribution >= 0.6 is 0 Å². The number of rotatable bonds is 6. The molecule has 0 unspecified atom stereocenters. The van der Waals surface area contributed by atoms with E-state index in [0.29, 0.717) is 17.8 Å². The average Bonchev–Trinajstić information content (AvgIpc) is 2.45. The second-order valence-corrected chi connectivity index (χ2v) is 5.99. The van der Waals surface area contributed by atoms with Gasteiger partial charge < -0.3 is 10.6 Å². The molecule has 0 saturated heterocycles. The lowest BCUT2D eigenvalue weighted by Crippen LogP contribution is -2.53. The first-order valence-corrected chi connectivity index (χ1v) is 6.60. The van der Waals surface area contributed by atoms with Crippen LogP contribution in [0.4, 0.5) is 0 Å². The maximum atomic E-state index is 6.02. The molecule has 0 spiro atoms. The SMILES string of the molecule is C=CCN1C(N)=NCC1(CC(C)C)CC(C)C. The van der Waals surface area contributed by atoms with Gasteiger partial charge in [0, 0.05) is 6.54 Å². The molecule has 0 aromatic heterocycles. The molecular weight excluding hydrogens is 210 g/mol. The molecule has 0 aliphatic carbocycles. The van der Waals surface area contributed by atoms with Gasteiger partial charge in [-0.2, -0.15) is 0 Å². The minimum Gasteiger partial charge on any atom is -0.370 e. The van der Waals surface area contributed by atoms with E-state index in [1.165, 1.54) is 0 Å². The summed E-state index contributed by atoms with van der Waals surface area (Å²) in [6.07, 6.45) is 4.20. The highest BCUT2D eigenvalue weighted by molar-refractivity contribution is 5.81. The first-order chi connectivity index (χ1) is 7.91. The van der Waals surface area contributed by atoms with Gasteiger partial charge in [0.15, 0.2) is 5.96 Å². The fraction of sp³-hybridized carbons (Fsp3) is 0.786. The molecule has 3 nitrogen and oxygen atoms in total. The predicted molar refractivity (Wildman–Crippen MR) is 75.0 cm³/mol. The molecule has 0 aromatic rings.